The summed E-state index contributed by atoms with van der Waals surface area (Å²) in [6.07, 6.45) is 0. The highest BCUT2D eigenvalue weighted by molar-refractivity contribution is 9.10. The summed E-state index contributed by atoms with van der Waals surface area (Å²) >= 11 is 4.78. The number of fused-ring (bicyclic) bond motifs is 1. The maximum atomic E-state index is 14.6. The molecule has 4 nitrogen and oxygen atoms in total. The van der Waals surface area contributed by atoms with E-state index in [4.69, 9.17) is 0 Å². The van der Waals surface area contributed by atoms with E-state index in [0.29, 0.717) is 21.1 Å². The molecule has 2 aromatic rings. The molecule has 2 heterocycles. The second-order valence-electron chi connectivity index (χ2n) is 6.36. The van der Waals surface area contributed by atoms with Crippen LogP contribution < -0.4 is 4.90 Å². The molecule has 136 valence electrons. The Morgan fingerprint density at radius 2 is 1.96 bits per heavy atom. The van der Waals surface area contributed by atoms with Crippen molar-refractivity contribution in [1.29, 1.82) is 0 Å². The van der Waals surface area contributed by atoms with Gasteiger partial charge in [0.1, 0.15) is 5.82 Å². The number of halogens is 2. The van der Waals surface area contributed by atoms with Crippen LogP contribution in [0.25, 0.3) is 0 Å². The molecule has 1 fully saturated rings. The number of hydrogen-bond donors (Lipinski definition) is 0. The number of amidine groups is 1. The first kappa shape index (κ1) is 18.0. The maximum Gasteiger partial charge on any atom is 0.164 e. The van der Waals surface area contributed by atoms with Crippen LogP contribution in [0.1, 0.15) is 5.56 Å². The molecular weight excluding hydrogens is 439 g/mol. The molecule has 0 spiro atoms. The lowest BCUT2D eigenvalue weighted by molar-refractivity contribution is 0.600. The van der Waals surface area contributed by atoms with Gasteiger partial charge in [0.15, 0.2) is 15.0 Å². The van der Waals surface area contributed by atoms with Crippen molar-refractivity contribution in [3.63, 3.8) is 0 Å². The Labute approximate surface area is 164 Å². The number of benzene rings is 2. The number of nitrogens with zero attached hydrogens (tertiary/aromatic N) is 2. The van der Waals surface area contributed by atoms with Crippen LogP contribution in [0, 0.1) is 5.82 Å². The van der Waals surface area contributed by atoms with Crippen molar-refractivity contribution in [1.82, 2.24) is 0 Å². The van der Waals surface area contributed by atoms with Crippen LogP contribution in [-0.2, 0) is 15.6 Å². The highest BCUT2D eigenvalue weighted by atomic mass is 79.9. The summed E-state index contributed by atoms with van der Waals surface area (Å²) in [5.41, 5.74) is 1.51. The van der Waals surface area contributed by atoms with Crippen LogP contribution in [0.3, 0.4) is 0 Å². The molecule has 2 aromatic carbocycles. The van der Waals surface area contributed by atoms with Crippen LogP contribution in [0.2, 0.25) is 0 Å². The van der Waals surface area contributed by atoms with Crippen molar-refractivity contribution >= 4 is 48.4 Å². The molecule has 2 aliphatic heterocycles. The molecule has 0 aromatic heterocycles. The Hall–Kier alpha value is -1.38. The van der Waals surface area contributed by atoms with Gasteiger partial charge in [-0.1, -0.05) is 58.0 Å². The van der Waals surface area contributed by atoms with Crippen molar-refractivity contribution in [2.24, 2.45) is 4.99 Å². The van der Waals surface area contributed by atoms with Crippen molar-refractivity contribution in [2.45, 2.75) is 17.8 Å². The first-order valence-corrected chi connectivity index (χ1v) is 11.7. The second kappa shape index (κ2) is 6.98. The number of sulfone groups is 1. The molecule has 4 rings (SSSR count). The molecule has 0 aliphatic carbocycles. The van der Waals surface area contributed by atoms with Gasteiger partial charge in [0.05, 0.1) is 29.3 Å². The summed E-state index contributed by atoms with van der Waals surface area (Å²) in [5.74, 6) is 0.339. The van der Waals surface area contributed by atoms with Crippen LogP contribution in [0.15, 0.2) is 58.0 Å². The van der Waals surface area contributed by atoms with Crippen LogP contribution in [0.4, 0.5) is 10.1 Å². The normalized spacial score (nSPS) is 23.8. The summed E-state index contributed by atoms with van der Waals surface area (Å²) in [4.78, 5) is 6.40. The fourth-order valence-corrected chi connectivity index (χ4v) is 6.56. The lowest BCUT2D eigenvalue weighted by atomic mass is 10.1. The average Bonchev–Trinajstić information content (AvgIpc) is 3.06. The maximum absolute atomic E-state index is 14.6. The second-order valence-corrected chi connectivity index (χ2v) is 10.4. The zero-order chi connectivity index (χ0) is 18.3. The summed E-state index contributed by atoms with van der Waals surface area (Å²) in [6.45, 7) is 0. The van der Waals surface area contributed by atoms with E-state index in [-0.39, 0.29) is 23.6 Å². The zero-order valence-electron chi connectivity index (χ0n) is 13.7. The summed E-state index contributed by atoms with van der Waals surface area (Å²) < 4.78 is 39.3. The molecule has 2 atom stereocenters. The average molecular weight is 455 g/mol. The Bertz CT molecular complexity index is 966. The largest absolute Gasteiger partial charge is 0.312 e. The molecule has 0 unspecified atom stereocenters. The van der Waals surface area contributed by atoms with Crippen LogP contribution in [-0.4, -0.2) is 37.2 Å². The fourth-order valence-electron chi connectivity index (χ4n) is 3.31. The Kier molecular flexibility index (Phi) is 4.83. The Morgan fingerprint density at radius 3 is 2.69 bits per heavy atom. The van der Waals surface area contributed by atoms with Gasteiger partial charge in [-0.3, -0.25) is 4.99 Å². The third kappa shape index (κ3) is 3.54. The van der Waals surface area contributed by atoms with Gasteiger partial charge in [0.2, 0.25) is 0 Å². The number of aliphatic imine (C=N–C) groups is 1. The predicted molar refractivity (Wildman–Crippen MR) is 108 cm³/mol. The number of hydrogen-bond acceptors (Lipinski definition) is 5. The molecule has 0 amide bonds. The monoisotopic (exact) mass is 454 g/mol. The molecular formula is C18H16BrFN2O2S2. The minimum absolute atomic E-state index is 0.00602. The third-order valence-electron chi connectivity index (χ3n) is 4.49. The molecule has 1 saturated heterocycles. The fraction of sp³-hybridized carbons (Fsp3) is 0.278. The van der Waals surface area contributed by atoms with Gasteiger partial charge in [-0.05, 0) is 23.8 Å². The Balaban J connectivity index is 1.66. The zero-order valence-corrected chi connectivity index (χ0v) is 16.9. The molecule has 0 bridgehead atoms. The molecule has 26 heavy (non-hydrogen) atoms. The van der Waals surface area contributed by atoms with E-state index in [2.05, 4.69) is 20.9 Å². The quantitative estimate of drug-likeness (QED) is 0.706. The molecule has 0 radical (unpaired) electrons. The van der Waals surface area contributed by atoms with E-state index in [0.717, 1.165) is 5.56 Å². The molecule has 8 heteroatoms. The van der Waals surface area contributed by atoms with Gasteiger partial charge in [-0.2, -0.15) is 0 Å². The van der Waals surface area contributed by atoms with Gasteiger partial charge in [0.25, 0.3) is 0 Å². The van der Waals surface area contributed by atoms with Crippen molar-refractivity contribution in [3.8, 4) is 0 Å². The molecule has 0 N–H and O–H groups in total. The van der Waals surface area contributed by atoms with E-state index in [9.17, 15) is 12.8 Å². The smallest absolute Gasteiger partial charge is 0.164 e. The minimum atomic E-state index is -3.15. The summed E-state index contributed by atoms with van der Waals surface area (Å²) in [7, 11) is -3.15. The lowest BCUT2D eigenvalue weighted by Gasteiger charge is -2.27. The molecule has 0 saturated carbocycles. The Morgan fingerprint density at radius 1 is 1.19 bits per heavy atom. The lowest BCUT2D eigenvalue weighted by Crippen LogP contribution is -2.39. The predicted octanol–water partition coefficient (Wildman–Crippen LogP) is 3.86. The van der Waals surface area contributed by atoms with E-state index in [1.54, 1.807) is 17.0 Å². The summed E-state index contributed by atoms with van der Waals surface area (Å²) in [6, 6.07) is 14.1. The van der Waals surface area contributed by atoms with Crippen molar-refractivity contribution < 1.29 is 12.8 Å². The first-order chi connectivity index (χ1) is 12.4. The molecule has 2 aliphatic rings. The van der Waals surface area contributed by atoms with Gasteiger partial charge < -0.3 is 4.90 Å². The van der Waals surface area contributed by atoms with Crippen LogP contribution in [0.5, 0.6) is 0 Å². The van der Waals surface area contributed by atoms with E-state index in [1.807, 2.05) is 30.3 Å². The standard InChI is InChI=1S/C18H16BrFN2O2S2/c19-13-6-7-16(14(20)8-13)22-17-11-26(23,24)10-15(17)21-18(22)25-9-12-4-2-1-3-5-12/h1-8,15,17H,9-11H2/t15-,17+/m1/s1. The highest BCUT2D eigenvalue weighted by Crippen LogP contribution is 2.37. The third-order valence-corrected chi connectivity index (χ3v) is 7.72. The van der Waals surface area contributed by atoms with Crippen LogP contribution >= 0.6 is 27.7 Å². The van der Waals surface area contributed by atoms with Gasteiger partial charge in [0, 0.05) is 10.2 Å². The minimum Gasteiger partial charge on any atom is -0.312 e. The number of rotatable bonds is 3. The summed E-state index contributed by atoms with van der Waals surface area (Å²) in [5, 5.41) is 0.681. The van der Waals surface area contributed by atoms with Gasteiger partial charge in [-0.15, -0.1) is 0 Å². The number of thioether (sulfide) groups is 1. The topological polar surface area (TPSA) is 49.7 Å². The number of anilines is 1. The highest BCUT2D eigenvalue weighted by Gasteiger charge is 2.47. The van der Waals surface area contributed by atoms with Crippen molar-refractivity contribution in [2.75, 3.05) is 16.4 Å². The van der Waals surface area contributed by atoms with E-state index < -0.39 is 15.7 Å². The van der Waals surface area contributed by atoms with E-state index in [1.165, 1.54) is 17.8 Å². The van der Waals surface area contributed by atoms with Gasteiger partial charge in [-0.25, -0.2) is 12.8 Å². The SMILES string of the molecule is O=S1(=O)C[C@H]2N=C(SCc3ccccc3)N(c3ccc(Br)cc3F)[C@H]2C1. The van der Waals surface area contributed by atoms with Gasteiger partial charge >= 0.3 is 0 Å². The first-order valence-electron chi connectivity index (χ1n) is 8.12. The van der Waals surface area contributed by atoms with E-state index >= 15 is 0 Å². The van der Waals surface area contributed by atoms with Crippen molar-refractivity contribution in [3.05, 3.63) is 64.4 Å².